The number of carbonyl (C=O) groups is 1. The van der Waals surface area contributed by atoms with Crippen molar-refractivity contribution in [3.63, 3.8) is 0 Å². The van der Waals surface area contributed by atoms with Crippen LogP contribution in [0.1, 0.15) is 23.0 Å². The second kappa shape index (κ2) is 7.62. The molecule has 0 saturated carbocycles. The van der Waals surface area contributed by atoms with E-state index in [9.17, 15) is 4.79 Å². The van der Waals surface area contributed by atoms with Gasteiger partial charge < -0.3 is 10.2 Å². The minimum absolute atomic E-state index is 0.110. The molecule has 0 atom stereocenters. The Morgan fingerprint density at radius 3 is 2.48 bits per heavy atom. The smallest absolute Gasteiger partial charge is 0.276 e. The third-order valence-corrected chi connectivity index (χ3v) is 3.92. The maximum absolute atomic E-state index is 12.9. The fourth-order valence-corrected chi connectivity index (χ4v) is 2.70. The quantitative estimate of drug-likeness (QED) is 0.730. The number of anilines is 3. The second-order valence-electron chi connectivity index (χ2n) is 5.81. The van der Waals surface area contributed by atoms with Gasteiger partial charge in [-0.25, -0.2) is 0 Å². The topological polar surface area (TPSA) is 45.2 Å². The zero-order valence-corrected chi connectivity index (χ0v) is 14.4. The molecule has 0 radical (unpaired) electrons. The minimum atomic E-state index is -0.110. The molecule has 25 heavy (non-hydrogen) atoms. The zero-order valence-electron chi connectivity index (χ0n) is 14.4. The van der Waals surface area contributed by atoms with Gasteiger partial charge in [0.05, 0.1) is 0 Å². The van der Waals surface area contributed by atoms with Crippen molar-refractivity contribution < 1.29 is 4.79 Å². The minimum Gasteiger partial charge on any atom is -0.355 e. The van der Waals surface area contributed by atoms with E-state index in [-0.39, 0.29) is 5.91 Å². The number of nitrogens with one attached hydrogen (secondary N) is 1. The number of para-hydroxylation sites is 1. The van der Waals surface area contributed by atoms with Gasteiger partial charge in [0.2, 0.25) is 0 Å². The van der Waals surface area contributed by atoms with Crippen LogP contribution >= 0.6 is 0 Å². The number of aryl methyl sites for hydroxylation is 1. The van der Waals surface area contributed by atoms with Gasteiger partial charge in [-0.3, -0.25) is 9.78 Å². The van der Waals surface area contributed by atoms with Crippen LogP contribution in [0.3, 0.4) is 0 Å². The van der Waals surface area contributed by atoms with E-state index in [2.05, 4.69) is 16.4 Å². The average molecular weight is 331 g/mol. The average Bonchev–Trinajstić information content (AvgIpc) is 2.63. The predicted molar refractivity (Wildman–Crippen MR) is 102 cm³/mol. The molecule has 3 aromatic rings. The summed E-state index contributed by atoms with van der Waals surface area (Å²) in [5, 5.41) is 3.33. The van der Waals surface area contributed by atoms with Gasteiger partial charge in [0, 0.05) is 29.8 Å². The van der Waals surface area contributed by atoms with Crippen LogP contribution in [-0.2, 0) is 0 Å². The maximum atomic E-state index is 12.9. The Hall–Kier alpha value is -3.14. The van der Waals surface area contributed by atoms with E-state index in [1.165, 1.54) is 5.56 Å². The first kappa shape index (κ1) is 16.7. The van der Waals surface area contributed by atoms with Gasteiger partial charge in [0.15, 0.2) is 0 Å². The van der Waals surface area contributed by atoms with Gasteiger partial charge in [-0.2, -0.15) is 0 Å². The highest BCUT2D eigenvalue weighted by atomic mass is 16.2. The molecule has 0 unspecified atom stereocenters. The van der Waals surface area contributed by atoms with Crippen LogP contribution in [0.5, 0.6) is 0 Å². The summed E-state index contributed by atoms with van der Waals surface area (Å²) in [4.78, 5) is 18.9. The summed E-state index contributed by atoms with van der Waals surface area (Å²) < 4.78 is 0. The van der Waals surface area contributed by atoms with Crippen LogP contribution < -0.4 is 10.2 Å². The third kappa shape index (κ3) is 4.04. The van der Waals surface area contributed by atoms with Gasteiger partial charge in [0.25, 0.3) is 5.91 Å². The van der Waals surface area contributed by atoms with Crippen molar-refractivity contribution in [2.45, 2.75) is 13.8 Å². The van der Waals surface area contributed by atoms with Crippen LogP contribution in [-0.4, -0.2) is 17.4 Å². The molecule has 0 aliphatic rings. The summed E-state index contributed by atoms with van der Waals surface area (Å²) in [5.74, 6) is -0.110. The number of nitrogens with zero attached hydrogens (tertiary/aromatic N) is 2. The Morgan fingerprint density at radius 1 is 1.00 bits per heavy atom. The standard InChI is InChI=1S/C21H21N3O/c1-3-24(19-10-5-4-6-11-19)21(25)20-15-18(12-13-22-20)23-17-9-7-8-16(2)14-17/h4-15H,3H2,1-2H3,(H,22,23). The molecule has 4 nitrogen and oxygen atoms in total. The van der Waals surface area contributed by atoms with Gasteiger partial charge in [-0.1, -0.05) is 30.3 Å². The molecule has 3 rings (SSSR count). The largest absolute Gasteiger partial charge is 0.355 e. The number of carbonyl (C=O) groups excluding carboxylic acids is 1. The van der Waals surface area contributed by atoms with E-state index in [1.807, 2.05) is 68.4 Å². The molecule has 0 fully saturated rings. The first-order valence-electron chi connectivity index (χ1n) is 8.34. The predicted octanol–water partition coefficient (Wildman–Crippen LogP) is 4.80. The summed E-state index contributed by atoms with van der Waals surface area (Å²) in [6, 6.07) is 21.4. The fourth-order valence-electron chi connectivity index (χ4n) is 2.70. The lowest BCUT2D eigenvalue weighted by molar-refractivity contribution is 0.0983. The zero-order chi connectivity index (χ0) is 17.6. The molecule has 1 heterocycles. The van der Waals surface area contributed by atoms with Crippen molar-refractivity contribution in [3.8, 4) is 0 Å². The number of hydrogen-bond acceptors (Lipinski definition) is 3. The molecule has 0 bridgehead atoms. The summed E-state index contributed by atoms with van der Waals surface area (Å²) in [6.07, 6.45) is 1.66. The number of aromatic nitrogens is 1. The van der Waals surface area contributed by atoms with Crippen molar-refractivity contribution in [1.29, 1.82) is 0 Å². The molecule has 0 saturated heterocycles. The molecule has 1 amide bonds. The van der Waals surface area contributed by atoms with Crippen LogP contribution in [0.4, 0.5) is 17.1 Å². The highest BCUT2D eigenvalue weighted by Crippen LogP contribution is 2.20. The normalized spacial score (nSPS) is 10.3. The highest BCUT2D eigenvalue weighted by Gasteiger charge is 2.17. The molecule has 0 spiro atoms. The van der Waals surface area contributed by atoms with Crippen LogP contribution in [0.2, 0.25) is 0 Å². The van der Waals surface area contributed by atoms with E-state index in [0.717, 1.165) is 17.1 Å². The lowest BCUT2D eigenvalue weighted by Gasteiger charge is -2.20. The first-order chi connectivity index (χ1) is 12.2. The third-order valence-electron chi connectivity index (χ3n) is 3.92. The highest BCUT2D eigenvalue weighted by molar-refractivity contribution is 6.05. The molecule has 1 aromatic heterocycles. The van der Waals surface area contributed by atoms with Crippen molar-refractivity contribution in [3.05, 3.63) is 84.2 Å². The number of amides is 1. The molecule has 1 N–H and O–H groups in total. The molecule has 2 aromatic carbocycles. The Kier molecular flexibility index (Phi) is 5.09. The second-order valence-corrected chi connectivity index (χ2v) is 5.81. The lowest BCUT2D eigenvalue weighted by atomic mass is 10.2. The van der Waals surface area contributed by atoms with E-state index in [4.69, 9.17) is 0 Å². The van der Waals surface area contributed by atoms with Crippen molar-refractivity contribution in [2.75, 3.05) is 16.8 Å². The van der Waals surface area contributed by atoms with Gasteiger partial charge in [0.1, 0.15) is 5.69 Å². The van der Waals surface area contributed by atoms with Crippen LogP contribution in [0.15, 0.2) is 72.9 Å². The van der Waals surface area contributed by atoms with Gasteiger partial charge >= 0.3 is 0 Å². The van der Waals surface area contributed by atoms with Gasteiger partial charge in [-0.15, -0.1) is 0 Å². The number of benzene rings is 2. The Balaban J connectivity index is 1.84. The van der Waals surface area contributed by atoms with Crippen LogP contribution in [0, 0.1) is 6.92 Å². The van der Waals surface area contributed by atoms with Crippen molar-refractivity contribution in [2.24, 2.45) is 0 Å². The van der Waals surface area contributed by atoms with E-state index >= 15 is 0 Å². The summed E-state index contributed by atoms with van der Waals surface area (Å²) >= 11 is 0. The monoisotopic (exact) mass is 331 g/mol. The van der Waals surface area contributed by atoms with E-state index in [1.54, 1.807) is 17.2 Å². The molecular formula is C21H21N3O. The molecular weight excluding hydrogens is 310 g/mol. The lowest BCUT2D eigenvalue weighted by Crippen LogP contribution is -2.31. The molecule has 0 aliphatic heterocycles. The summed E-state index contributed by atoms with van der Waals surface area (Å²) in [6.45, 7) is 4.59. The Morgan fingerprint density at radius 2 is 1.76 bits per heavy atom. The number of hydrogen-bond donors (Lipinski definition) is 1. The first-order valence-corrected chi connectivity index (χ1v) is 8.34. The number of pyridine rings is 1. The Bertz CT molecular complexity index is 862. The number of rotatable bonds is 5. The van der Waals surface area contributed by atoms with E-state index in [0.29, 0.717) is 12.2 Å². The Labute approximate surface area is 148 Å². The fraction of sp³-hybridized carbons (Fsp3) is 0.143. The molecule has 0 aliphatic carbocycles. The molecule has 126 valence electrons. The molecule has 4 heteroatoms. The summed E-state index contributed by atoms with van der Waals surface area (Å²) in [5.41, 5.74) is 4.29. The summed E-state index contributed by atoms with van der Waals surface area (Å²) in [7, 11) is 0. The van der Waals surface area contributed by atoms with E-state index < -0.39 is 0 Å². The maximum Gasteiger partial charge on any atom is 0.276 e. The van der Waals surface area contributed by atoms with Crippen molar-refractivity contribution >= 4 is 23.0 Å². The van der Waals surface area contributed by atoms with Crippen molar-refractivity contribution in [1.82, 2.24) is 4.98 Å². The van der Waals surface area contributed by atoms with Gasteiger partial charge in [-0.05, 0) is 55.8 Å². The SMILES string of the molecule is CCN(C(=O)c1cc(Nc2cccc(C)c2)ccn1)c1ccccc1. The van der Waals surface area contributed by atoms with Crippen LogP contribution in [0.25, 0.3) is 0 Å².